The first kappa shape index (κ1) is 14.8. The quantitative estimate of drug-likeness (QED) is 0.835. The summed E-state index contributed by atoms with van der Waals surface area (Å²) in [5, 5.41) is 3.40. The number of allylic oxidation sites excluding steroid dienone is 2. The van der Waals surface area contributed by atoms with Gasteiger partial charge in [0.15, 0.2) is 0 Å². The summed E-state index contributed by atoms with van der Waals surface area (Å²) < 4.78 is 13.4. The van der Waals surface area contributed by atoms with Crippen LogP contribution in [0.5, 0.6) is 0 Å². The van der Waals surface area contributed by atoms with Crippen molar-refractivity contribution in [3.63, 3.8) is 0 Å². The number of carbonyl (C=O) groups excluding carboxylic acids is 1. The first-order chi connectivity index (χ1) is 10.7. The van der Waals surface area contributed by atoms with E-state index in [1.54, 1.807) is 11.0 Å². The lowest BCUT2D eigenvalue weighted by atomic mass is 9.99. The second-order valence-electron chi connectivity index (χ2n) is 5.82. The molecule has 5 heteroatoms. The Morgan fingerprint density at radius 2 is 2.32 bits per heavy atom. The van der Waals surface area contributed by atoms with Gasteiger partial charge in [-0.1, -0.05) is 24.3 Å². The highest BCUT2D eigenvalue weighted by atomic mass is 19.1. The van der Waals surface area contributed by atoms with Crippen molar-refractivity contribution in [2.75, 3.05) is 6.54 Å². The molecule has 3 rings (SSSR count). The lowest BCUT2D eigenvalue weighted by Crippen LogP contribution is -2.40. The third-order valence-electron chi connectivity index (χ3n) is 4.35. The molecular weight excluding hydrogens is 281 g/mol. The number of dihydropyridines is 1. The molecule has 0 aliphatic carbocycles. The molecule has 0 radical (unpaired) electrons. The second-order valence-corrected chi connectivity index (χ2v) is 5.82. The molecule has 1 saturated heterocycles. The Balaban J connectivity index is 1.70. The predicted octanol–water partition coefficient (Wildman–Crippen LogP) is 1.86. The van der Waals surface area contributed by atoms with E-state index in [0.29, 0.717) is 13.0 Å². The normalized spacial score (nSPS) is 27.5. The average Bonchev–Trinajstić information content (AvgIpc) is 2.88. The third-order valence-corrected chi connectivity index (χ3v) is 4.35. The SMILES string of the molecule is NC1CCN(C=O)C1CC1=CC=CC(c2cccc(F)c2)N1. The molecule has 2 heterocycles. The maximum Gasteiger partial charge on any atom is 0.210 e. The van der Waals surface area contributed by atoms with Crippen molar-refractivity contribution in [1.82, 2.24) is 10.2 Å². The summed E-state index contributed by atoms with van der Waals surface area (Å²) in [5.74, 6) is -0.242. The number of benzene rings is 1. The number of amides is 1. The average molecular weight is 301 g/mol. The summed E-state index contributed by atoms with van der Waals surface area (Å²) in [6.45, 7) is 0.714. The molecule has 0 saturated carbocycles. The van der Waals surface area contributed by atoms with E-state index < -0.39 is 0 Å². The highest BCUT2D eigenvalue weighted by Gasteiger charge is 2.31. The molecule has 0 spiro atoms. The number of rotatable bonds is 4. The highest BCUT2D eigenvalue weighted by Crippen LogP contribution is 2.25. The minimum atomic E-state index is -0.242. The largest absolute Gasteiger partial charge is 0.378 e. The van der Waals surface area contributed by atoms with Gasteiger partial charge in [-0.25, -0.2) is 4.39 Å². The minimum Gasteiger partial charge on any atom is -0.378 e. The molecule has 3 unspecified atom stereocenters. The molecule has 1 fully saturated rings. The first-order valence-corrected chi connectivity index (χ1v) is 7.53. The summed E-state index contributed by atoms with van der Waals surface area (Å²) >= 11 is 0. The Kier molecular flexibility index (Phi) is 4.24. The van der Waals surface area contributed by atoms with Crippen LogP contribution in [-0.4, -0.2) is 29.9 Å². The number of nitrogens with one attached hydrogen (secondary N) is 1. The van der Waals surface area contributed by atoms with E-state index in [9.17, 15) is 9.18 Å². The fourth-order valence-electron chi connectivity index (χ4n) is 3.13. The molecule has 2 aliphatic heterocycles. The molecule has 116 valence electrons. The van der Waals surface area contributed by atoms with Crippen LogP contribution in [-0.2, 0) is 4.79 Å². The van der Waals surface area contributed by atoms with E-state index in [-0.39, 0.29) is 23.9 Å². The maximum absolute atomic E-state index is 13.4. The van der Waals surface area contributed by atoms with E-state index in [0.717, 1.165) is 24.1 Å². The van der Waals surface area contributed by atoms with Crippen molar-refractivity contribution in [2.45, 2.75) is 31.0 Å². The number of hydrogen-bond acceptors (Lipinski definition) is 3. The lowest BCUT2D eigenvalue weighted by molar-refractivity contribution is -0.118. The van der Waals surface area contributed by atoms with Gasteiger partial charge in [-0.15, -0.1) is 0 Å². The Labute approximate surface area is 129 Å². The Morgan fingerprint density at radius 1 is 1.45 bits per heavy atom. The standard InChI is InChI=1S/C17H20FN3O/c18-13-4-1-3-12(9-13)16-6-2-5-14(20-16)10-17-15(19)7-8-21(17)11-22/h1-6,9,11,15-17,20H,7-8,10,19H2. The zero-order chi connectivity index (χ0) is 15.5. The zero-order valence-corrected chi connectivity index (χ0v) is 12.3. The van der Waals surface area contributed by atoms with Crippen LogP contribution in [0.25, 0.3) is 0 Å². The molecule has 2 aliphatic rings. The van der Waals surface area contributed by atoms with Gasteiger partial charge in [0, 0.05) is 24.7 Å². The monoisotopic (exact) mass is 301 g/mol. The van der Waals surface area contributed by atoms with Gasteiger partial charge >= 0.3 is 0 Å². The molecule has 3 N–H and O–H groups in total. The van der Waals surface area contributed by atoms with Crippen molar-refractivity contribution < 1.29 is 9.18 Å². The summed E-state index contributed by atoms with van der Waals surface area (Å²) in [4.78, 5) is 12.9. The second kappa shape index (κ2) is 6.32. The molecule has 1 aromatic rings. The van der Waals surface area contributed by atoms with Crippen molar-refractivity contribution in [3.8, 4) is 0 Å². The Morgan fingerprint density at radius 3 is 3.09 bits per heavy atom. The van der Waals surface area contributed by atoms with Gasteiger partial charge < -0.3 is 16.0 Å². The highest BCUT2D eigenvalue weighted by molar-refractivity contribution is 5.49. The molecule has 1 aromatic carbocycles. The molecular formula is C17H20FN3O. The molecule has 0 bridgehead atoms. The van der Waals surface area contributed by atoms with Crippen molar-refractivity contribution >= 4 is 6.41 Å². The Bertz CT molecular complexity index is 614. The van der Waals surface area contributed by atoms with E-state index in [1.807, 2.05) is 24.3 Å². The summed E-state index contributed by atoms with van der Waals surface area (Å²) in [5.41, 5.74) is 8.00. The number of likely N-dealkylation sites (tertiary alicyclic amines) is 1. The van der Waals surface area contributed by atoms with Gasteiger partial charge in [-0.05, 0) is 30.2 Å². The summed E-state index contributed by atoms with van der Waals surface area (Å²) in [6.07, 6.45) is 8.35. The van der Waals surface area contributed by atoms with Crippen LogP contribution in [0.1, 0.15) is 24.4 Å². The van der Waals surface area contributed by atoms with Gasteiger partial charge in [0.05, 0.1) is 12.1 Å². The van der Waals surface area contributed by atoms with E-state index >= 15 is 0 Å². The topological polar surface area (TPSA) is 58.4 Å². The summed E-state index contributed by atoms with van der Waals surface area (Å²) in [6, 6.07) is 6.54. The molecule has 4 nitrogen and oxygen atoms in total. The van der Waals surface area contributed by atoms with Crippen LogP contribution in [0.15, 0.2) is 48.2 Å². The Hall–Kier alpha value is -2.14. The molecule has 1 amide bonds. The third kappa shape index (κ3) is 3.04. The lowest BCUT2D eigenvalue weighted by Gasteiger charge is -2.28. The molecule has 22 heavy (non-hydrogen) atoms. The van der Waals surface area contributed by atoms with Crippen molar-refractivity contribution in [2.24, 2.45) is 5.73 Å². The first-order valence-electron chi connectivity index (χ1n) is 7.53. The van der Waals surface area contributed by atoms with Crippen LogP contribution in [0.2, 0.25) is 0 Å². The molecule has 3 atom stereocenters. The predicted molar refractivity (Wildman–Crippen MR) is 83.3 cm³/mol. The van der Waals surface area contributed by atoms with Crippen molar-refractivity contribution in [1.29, 1.82) is 0 Å². The fourth-order valence-corrected chi connectivity index (χ4v) is 3.13. The van der Waals surface area contributed by atoms with Crippen LogP contribution < -0.4 is 11.1 Å². The smallest absolute Gasteiger partial charge is 0.210 e. The number of carbonyl (C=O) groups is 1. The maximum atomic E-state index is 13.4. The van der Waals surface area contributed by atoms with Gasteiger partial charge in [0.25, 0.3) is 0 Å². The zero-order valence-electron chi connectivity index (χ0n) is 12.3. The van der Waals surface area contributed by atoms with Gasteiger partial charge in [-0.3, -0.25) is 4.79 Å². The van der Waals surface area contributed by atoms with Crippen LogP contribution in [0, 0.1) is 5.82 Å². The number of hydrogen-bond donors (Lipinski definition) is 2. The van der Waals surface area contributed by atoms with Gasteiger partial charge in [-0.2, -0.15) is 0 Å². The number of nitrogens with zero attached hydrogens (tertiary/aromatic N) is 1. The molecule has 0 aromatic heterocycles. The van der Waals surface area contributed by atoms with E-state index in [2.05, 4.69) is 5.32 Å². The van der Waals surface area contributed by atoms with E-state index in [1.165, 1.54) is 12.1 Å². The number of halogens is 1. The fraction of sp³-hybridized carbons (Fsp3) is 0.353. The van der Waals surface area contributed by atoms with Crippen LogP contribution in [0.3, 0.4) is 0 Å². The van der Waals surface area contributed by atoms with Gasteiger partial charge in [0.1, 0.15) is 5.82 Å². The van der Waals surface area contributed by atoms with Crippen LogP contribution in [0.4, 0.5) is 4.39 Å². The number of nitrogens with two attached hydrogens (primary N) is 1. The van der Waals surface area contributed by atoms with E-state index in [4.69, 9.17) is 5.73 Å². The minimum absolute atomic E-state index is 0.00595. The van der Waals surface area contributed by atoms with Crippen LogP contribution >= 0.6 is 0 Å². The van der Waals surface area contributed by atoms with Crippen molar-refractivity contribution in [3.05, 3.63) is 59.6 Å². The van der Waals surface area contributed by atoms with Gasteiger partial charge in [0.2, 0.25) is 6.41 Å². The summed E-state index contributed by atoms with van der Waals surface area (Å²) in [7, 11) is 0.